The van der Waals surface area contributed by atoms with Gasteiger partial charge >= 0.3 is 16.5 Å². The Morgan fingerprint density at radius 2 is 0.740 bits per heavy atom. The van der Waals surface area contributed by atoms with Crippen molar-refractivity contribution >= 4 is 55.5 Å². The number of unbranched alkanes of at least 4 members (excludes halogenated alkanes) is 4. The molecule has 12 bridgehead atoms. The van der Waals surface area contributed by atoms with Crippen molar-refractivity contribution in [1.29, 1.82) is 0 Å². The molecule has 7 aromatic rings. The molecule has 0 N–H and O–H groups in total. The van der Waals surface area contributed by atoms with Gasteiger partial charge in [0.05, 0.1) is 81.8 Å². The molecule has 0 saturated heterocycles. The zero-order chi connectivity index (χ0) is 51.9. The average molecular weight is 1080 g/mol. The molecule has 0 radical (unpaired) electrons. The van der Waals surface area contributed by atoms with Gasteiger partial charge in [0.25, 0.3) is 11.4 Å². The molecule has 0 fully saturated rings. The number of nitro groups is 2. The van der Waals surface area contributed by atoms with E-state index in [1.165, 1.54) is 24.3 Å². The summed E-state index contributed by atoms with van der Waals surface area (Å²) in [7, 11) is 0. The first-order valence-electron chi connectivity index (χ1n) is 26.1. The van der Waals surface area contributed by atoms with E-state index in [4.69, 9.17) is 68.3 Å². The molecule has 13 rings (SSSR count). The van der Waals surface area contributed by atoms with Gasteiger partial charge in [-0.1, -0.05) is 77.7 Å². The van der Waals surface area contributed by atoms with E-state index >= 15 is 0 Å². The molecule has 394 valence electrons. The molecule has 0 amide bonds. The van der Waals surface area contributed by atoms with E-state index in [0.29, 0.717) is 93.2 Å². The predicted molar refractivity (Wildman–Crippen MR) is 280 cm³/mol. The number of rotatable bonds is 18. The maximum Gasteiger partial charge on any atom is 2.00 e. The minimum atomic E-state index is -0.471. The van der Waals surface area contributed by atoms with E-state index in [1.807, 2.05) is 24.3 Å². The van der Waals surface area contributed by atoms with Crippen molar-refractivity contribution in [3.05, 3.63) is 103 Å². The molecule has 0 saturated carbocycles. The summed E-state index contributed by atoms with van der Waals surface area (Å²) in [5.41, 5.74) is 5.21. The molecule has 77 heavy (non-hydrogen) atoms. The Balaban J connectivity index is 0.00000596. The zero-order valence-corrected chi connectivity index (χ0v) is 43.4. The Morgan fingerprint density at radius 1 is 0.455 bits per heavy atom. The number of non-ortho nitro benzene ring substituents is 2. The smallest absolute Gasteiger partial charge is 0.492 e. The summed E-state index contributed by atoms with van der Waals surface area (Å²) < 4.78 is 40.3. The summed E-state index contributed by atoms with van der Waals surface area (Å²) in [6.45, 7) is 9.79. The van der Waals surface area contributed by atoms with Gasteiger partial charge in [-0.25, -0.2) is 9.97 Å². The van der Waals surface area contributed by atoms with Crippen LogP contribution in [0.4, 0.5) is 11.4 Å². The van der Waals surface area contributed by atoms with Gasteiger partial charge in [0.2, 0.25) is 0 Å². The van der Waals surface area contributed by atoms with Gasteiger partial charge in [-0.3, -0.25) is 20.2 Å². The Kier molecular flexibility index (Phi) is 12.9. The van der Waals surface area contributed by atoms with E-state index in [2.05, 4.69) is 27.7 Å². The zero-order valence-electron chi connectivity index (χ0n) is 42.4. The molecule has 6 aliphatic rings. The summed E-state index contributed by atoms with van der Waals surface area (Å²) in [4.78, 5) is 65.6. The topological polar surface area (TPSA) is 247 Å². The largest absolute Gasteiger partial charge is 2.00 e. The first-order chi connectivity index (χ1) is 37.2. The van der Waals surface area contributed by atoms with Crippen LogP contribution in [0.1, 0.15) is 126 Å². The SMILES string of the molecule is CCCCOc1c2c(c(OCCCC)c3c1[C@@H]1C=C[C@H]3O1)-c1nc-2nc2[n-]c(nc3nc(nc4[n-]c(n1)c1cc([N+](=O)[O-])ccc41)-c1c(OCCCC)c4c(c(OCCCC)c1-3)[C@H]1C=C[C@@H]4O1)c1ccc([N+](=O)[O-])cc21.[Ni+2]. The second-order valence-corrected chi connectivity index (χ2v) is 19.5. The Morgan fingerprint density at radius 3 is 1.01 bits per heavy atom. The normalized spacial score (nSPS) is 17.6. The van der Waals surface area contributed by atoms with Gasteiger partial charge in [-0.2, -0.15) is 0 Å². The van der Waals surface area contributed by atoms with Crippen LogP contribution in [-0.2, 0) is 26.0 Å². The van der Waals surface area contributed by atoms with Crippen LogP contribution in [0.2, 0.25) is 0 Å². The van der Waals surface area contributed by atoms with Crippen LogP contribution >= 0.6 is 0 Å². The summed E-state index contributed by atoms with van der Waals surface area (Å²) in [5.74, 6) is 2.61. The van der Waals surface area contributed by atoms with Crippen molar-refractivity contribution in [2.24, 2.45) is 0 Å². The number of hydrogen-bond acceptors (Lipinski definition) is 16. The molecule has 3 aromatic heterocycles. The standard InChI is InChI=1S/C56H50N10O10.Ni/c1-5-9-21-71-45-37-33-17-18-34(75-33)38(37)46(72-22-10-6-2)42-41(45)53-59-49-29-15-13-27(65(67)68)25-31(29)51(57-49)61-55-43-44(48(74-24-12-8-4)40-36-20-19-35(76-36)39(40)47(43)73-23-11-7-3)56(64-55)62-52-32-26-28(66(69)70)14-16-30(32)50(58-52)60-54(42)63-53;/h13-20,25-26,33-36H,5-12,21-24H2,1-4H3;/q-2;+2/t33-,34+,35+,36-;. The third kappa shape index (κ3) is 8.07. The molecule has 6 aliphatic heterocycles. The second-order valence-electron chi connectivity index (χ2n) is 19.5. The minimum absolute atomic E-state index is 0. The van der Waals surface area contributed by atoms with Crippen LogP contribution < -0.4 is 28.9 Å². The van der Waals surface area contributed by atoms with E-state index < -0.39 is 34.3 Å². The van der Waals surface area contributed by atoms with Gasteiger partial charge < -0.3 is 58.3 Å². The van der Waals surface area contributed by atoms with Gasteiger partial charge in [0.15, 0.2) is 0 Å². The van der Waals surface area contributed by atoms with Crippen molar-refractivity contribution in [2.75, 3.05) is 26.4 Å². The van der Waals surface area contributed by atoms with Crippen LogP contribution in [0, 0.1) is 20.2 Å². The van der Waals surface area contributed by atoms with E-state index in [-0.39, 0.29) is 73.8 Å². The minimum Gasteiger partial charge on any atom is -0.492 e. The van der Waals surface area contributed by atoms with Crippen molar-refractivity contribution in [2.45, 2.75) is 103 Å². The number of nitro benzene ring substituents is 2. The molecular weight excluding hydrogens is 1030 g/mol. The fourth-order valence-electron chi connectivity index (χ4n) is 10.9. The second kappa shape index (κ2) is 19.9. The van der Waals surface area contributed by atoms with Crippen LogP contribution in [-0.4, -0.2) is 66.2 Å². The van der Waals surface area contributed by atoms with Crippen LogP contribution in [0.25, 0.3) is 89.7 Å². The number of ether oxygens (including phenoxy) is 6. The van der Waals surface area contributed by atoms with Gasteiger partial charge in [0.1, 0.15) is 47.4 Å². The van der Waals surface area contributed by atoms with Crippen molar-refractivity contribution in [3.63, 3.8) is 0 Å². The fourth-order valence-corrected chi connectivity index (χ4v) is 10.9. The van der Waals surface area contributed by atoms with E-state index in [1.54, 1.807) is 12.1 Å². The van der Waals surface area contributed by atoms with Gasteiger partial charge in [-0.05, 0) is 48.6 Å². The van der Waals surface area contributed by atoms with Crippen molar-refractivity contribution in [3.8, 4) is 68.5 Å². The Labute approximate surface area is 449 Å². The van der Waals surface area contributed by atoms with E-state index in [9.17, 15) is 20.2 Å². The summed E-state index contributed by atoms with van der Waals surface area (Å²) in [6, 6.07) is 8.89. The third-order valence-corrected chi connectivity index (χ3v) is 14.6. The Hall–Kier alpha value is -7.87. The number of aromatic nitrogens is 8. The van der Waals surface area contributed by atoms with Crippen LogP contribution in [0.15, 0.2) is 60.7 Å². The number of hydrogen-bond donors (Lipinski definition) is 0. The summed E-state index contributed by atoms with van der Waals surface area (Å²) in [5, 5.41) is 26.6. The molecule has 0 spiro atoms. The first kappa shape index (κ1) is 50.0. The third-order valence-electron chi connectivity index (χ3n) is 14.6. The molecule has 21 heteroatoms. The van der Waals surface area contributed by atoms with Gasteiger partial charge in [0, 0.05) is 79.9 Å². The molecule has 4 atom stereocenters. The van der Waals surface area contributed by atoms with Crippen molar-refractivity contribution < 1.29 is 54.8 Å². The quantitative estimate of drug-likeness (QED) is 0.0255. The first-order valence-corrected chi connectivity index (χ1v) is 26.1. The number of benzene rings is 4. The molecule has 20 nitrogen and oxygen atoms in total. The molecular formula is C56H50N10NiO10. The van der Waals surface area contributed by atoms with Gasteiger partial charge in [-0.15, -0.1) is 0 Å². The van der Waals surface area contributed by atoms with Crippen molar-refractivity contribution in [1.82, 2.24) is 39.9 Å². The summed E-state index contributed by atoms with van der Waals surface area (Å²) >= 11 is 0. The maximum absolute atomic E-state index is 12.5. The van der Waals surface area contributed by atoms with Crippen LogP contribution in [0.5, 0.6) is 23.0 Å². The Bertz CT molecular complexity index is 3640. The summed E-state index contributed by atoms with van der Waals surface area (Å²) in [6.07, 6.45) is 12.7. The van der Waals surface area contributed by atoms with E-state index in [0.717, 1.165) is 73.6 Å². The predicted octanol–water partition coefficient (Wildman–Crippen LogP) is 12.0. The average Bonchev–Trinajstić information content (AvgIpc) is 4.39. The maximum atomic E-state index is 12.5. The monoisotopic (exact) mass is 1080 g/mol. The molecule has 4 aromatic carbocycles. The molecule has 9 heterocycles. The van der Waals surface area contributed by atoms with Crippen LogP contribution in [0.3, 0.4) is 0 Å². The molecule has 0 unspecified atom stereocenters. The fraction of sp³-hybridized carbons (Fsp3) is 0.357. The number of nitrogens with zero attached hydrogens (tertiary/aromatic N) is 10. The number of fused-ring (bicyclic) bond motifs is 30. The molecule has 0 aliphatic carbocycles.